The second-order valence-corrected chi connectivity index (χ2v) is 9.66. The highest BCUT2D eigenvalue weighted by Crippen LogP contribution is 2.39. The molecule has 2 N–H and O–H groups in total. The molecule has 2 atom stereocenters. The summed E-state index contributed by atoms with van der Waals surface area (Å²) in [7, 11) is 0. The first kappa shape index (κ1) is 19.1. The number of hydrogen-bond donors (Lipinski definition) is 2. The van der Waals surface area contributed by atoms with Crippen LogP contribution in [0.5, 0.6) is 0 Å². The number of aromatic nitrogens is 4. The lowest BCUT2D eigenvalue weighted by molar-refractivity contribution is 0.0282. The van der Waals surface area contributed by atoms with Crippen LogP contribution >= 0.6 is 0 Å². The summed E-state index contributed by atoms with van der Waals surface area (Å²) in [4.78, 5) is 25.6. The summed E-state index contributed by atoms with van der Waals surface area (Å²) in [6.45, 7) is 8.85. The molecule has 5 rings (SSSR count). The molecule has 3 aliphatic rings. The number of carbonyl (C=O) groups is 1. The van der Waals surface area contributed by atoms with Crippen LogP contribution in [0.15, 0.2) is 18.3 Å². The zero-order valence-corrected chi connectivity index (χ0v) is 17.8. The van der Waals surface area contributed by atoms with Crippen molar-refractivity contribution in [3.8, 4) is 0 Å². The molecule has 1 saturated carbocycles. The van der Waals surface area contributed by atoms with Crippen LogP contribution in [0.3, 0.4) is 0 Å². The van der Waals surface area contributed by atoms with Gasteiger partial charge in [0.1, 0.15) is 11.4 Å². The van der Waals surface area contributed by atoms with Crippen molar-refractivity contribution in [1.29, 1.82) is 0 Å². The molecule has 2 aliphatic heterocycles. The number of nitrogens with one attached hydrogen (secondary N) is 2. The van der Waals surface area contributed by atoms with Crippen LogP contribution < -0.4 is 10.2 Å². The van der Waals surface area contributed by atoms with Gasteiger partial charge in [0.15, 0.2) is 5.82 Å². The number of nitrogens with zero attached hydrogens (tertiary/aromatic N) is 5. The minimum atomic E-state index is -0.462. The third-order valence-corrected chi connectivity index (χ3v) is 5.93. The average molecular weight is 412 g/mol. The average Bonchev–Trinajstić information content (AvgIpc) is 3.09. The molecule has 0 radical (unpaired) electrons. The Balaban J connectivity index is 1.20. The van der Waals surface area contributed by atoms with E-state index >= 15 is 0 Å². The number of fused-ring (bicyclic) bond motifs is 1. The van der Waals surface area contributed by atoms with E-state index in [9.17, 15) is 4.79 Å². The fourth-order valence-electron chi connectivity index (χ4n) is 4.34. The van der Waals surface area contributed by atoms with Gasteiger partial charge < -0.3 is 19.9 Å². The van der Waals surface area contributed by atoms with Crippen molar-refractivity contribution in [2.45, 2.75) is 45.1 Å². The van der Waals surface area contributed by atoms with E-state index in [4.69, 9.17) is 9.72 Å². The molecular formula is C21H29N7O2. The number of anilines is 3. The summed E-state index contributed by atoms with van der Waals surface area (Å²) >= 11 is 0. The molecule has 1 aliphatic carbocycles. The predicted octanol–water partition coefficient (Wildman–Crippen LogP) is 3.12. The Morgan fingerprint density at radius 2 is 1.90 bits per heavy atom. The van der Waals surface area contributed by atoms with Crippen molar-refractivity contribution >= 4 is 23.7 Å². The number of hydrogen-bond acceptors (Lipinski definition) is 7. The van der Waals surface area contributed by atoms with E-state index in [1.165, 1.54) is 18.5 Å². The summed E-state index contributed by atoms with van der Waals surface area (Å²) in [6, 6.07) is 3.92. The lowest BCUT2D eigenvalue weighted by atomic mass is 10.0. The molecule has 3 fully saturated rings. The molecule has 2 saturated heterocycles. The van der Waals surface area contributed by atoms with E-state index in [1.807, 2.05) is 31.7 Å². The maximum atomic E-state index is 12.4. The maximum Gasteiger partial charge on any atom is 0.410 e. The van der Waals surface area contributed by atoms with Gasteiger partial charge in [0.05, 0.1) is 0 Å². The van der Waals surface area contributed by atoms with E-state index in [2.05, 4.69) is 31.5 Å². The van der Waals surface area contributed by atoms with E-state index in [-0.39, 0.29) is 6.09 Å². The minimum absolute atomic E-state index is 0.213. The standard InChI is InChI=1S/C21H29N7O2/c1-21(2,3)30-20(29)28-11-14-9-27(10-15(14)12-28)19-22-7-6-17(24-19)23-18-8-16(25-26-18)13-4-5-13/h6-8,13-15H,4-5,9-12H2,1-3H3,(H2,22,23,24,25,26)/t14-,15-/m0/s1. The number of likely N-dealkylation sites (tertiary alicyclic amines) is 1. The summed E-state index contributed by atoms with van der Waals surface area (Å²) in [5.74, 6) is 3.72. The van der Waals surface area contributed by atoms with E-state index in [0.717, 1.165) is 43.8 Å². The predicted molar refractivity (Wildman–Crippen MR) is 113 cm³/mol. The molecule has 0 aromatic carbocycles. The fourth-order valence-corrected chi connectivity index (χ4v) is 4.34. The highest BCUT2D eigenvalue weighted by Gasteiger charge is 2.43. The normalized spacial score (nSPS) is 23.6. The van der Waals surface area contributed by atoms with Crippen molar-refractivity contribution in [3.05, 3.63) is 24.0 Å². The molecule has 0 unspecified atom stereocenters. The Hall–Kier alpha value is -2.84. The third-order valence-electron chi connectivity index (χ3n) is 5.93. The highest BCUT2D eigenvalue weighted by atomic mass is 16.6. The largest absolute Gasteiger partial charge is 0.444 e. The molecule has 30 heavy (non-hydrogen) atoms. The topological polar surface area (TPSA) is 99.3 Å². The van der Waals surface area contributed by atoms with Gasteiger partial charge in [-0.2, -0.15) is 10.1 Å². The van der Waals surface area contributed by atoms with Gasteiger partial charge in [-0.1, -0.05) is 0 Å². The van der Waals surface area contributed by atoms with Gasteiger partial charge in [-0.25, -0.2) is 9.78 Å². The van der Waals surface area contributed by atoms with Crippen molar-refractivity contribution in [2.75, 3.05) is 36.4 Å². The van der Waals surface area contributed by atoms with Crippen LogP contribution in [0, 0.1) is 11.8 Å². The molecule has 160 valence electrons. The Morgan fingerprint density at radius 1 is 1.17 bits per heavy atom. The number of amides is 1. The van der Waals surface area contributed by atoms with Crippen molar-refractivity contribution in [2.24, 2.45) is 11.8 Å². The Morgan fingerprint density at radius 3 is 2.57 bits per heavy atom. The smallest absolute Gasteiger partial charge is 0.410 e. The van der Waals surface area contributed by atoms with Gasteiger partial charge in [0.2, 0.25) is 5.95 Å². The minimum Gasteiger partial charge on any atom is -0.444 e. The van der Waals surface area contributed by atoms with Gasteiger partial charge in [-0.3, -0.25) is 5.10 Å². The monoisotopic (exact) mass is 411 g/mol. The summed E-state index contributed by atoms with van der Waals surface area (Å²) in [5, 5.41) is 10.7. The second kappa shape index (κ2) is 7.14. The van der Waals surface area contributed by atoms with Crippen LogP contribution in [0.25, 0.3) is 0 Å². The molecule has 1 amide bonds. The van der Waals surface area contributed by atoms with Gasteiger partial charge in [-0.05, 0) is 39.7 Å². The molecule has 0 bridgehead atoms. The van der Waals surface area contributed by atoms with Crippen molar-refractivity contribution < 1.29 is 9.53 Å². The lowest BCUT2D eigenvalue weighted by Crippen LogP contribution is -2.37. The second-order valence-electron chi connectivity index (χ2n) is 9.66. The Bertz CT molecular complexity index is 919. The van der Waals surface area contributed by atoms with Gasteiger partial charge in [0, 0.05) is 61.9 Å². The molecule has 9 nitrogen and oxygen atoms in total. The number of H-pyrrole nitrogens is 1. The quantitative estimate of drug-likeness (QED) is 0.797. The molecule has 9 heteroatoms. The van der Waals surface area contributed by atoms with E-state index < -0.39 is 5.60 Å². The van der Waals surface area contributed by atoms with E-state index in [0.29, 0.717) is 17.8 Å². The highest BCUT2D eigenvalue weighted by molar-refractivity contribution is 5.68. The molecular weight excluding hydrogens is 382 g/mol. The lowest BCUT2D eigenvalue weighted by Gasteiger charge is -2.26. The Kier molecular flexibility index (Phi) is 4.56. The molecule has 0 spiro atoms. The Labute approximate surface area is 176 Å². The molecule has 2 aromatic rings. The summed E-state index contributed by atoms with van der Waals surface area (Å²) in [5.41, 5.74) is 0.726. The first-order chi connectivity index (χ1) is 14.3. The van der Waals surface area contributed by atoms with Crippen LogP contribution in [-0.4, -0.2) is 62.9 Å². The number of aromatic amines is 1. The zero-order valence-electron chi connectivity index (χ0n) is 17.8. The third kappa shape index (κ3) is 4.06. The molecule has 4 heterocycles. The zero-order chi connectivity index (χ0) is 20.9. The first-order valence-electron chi connectivity index (χ1n) is 10.7. The van der Waals surface area contributed by atoms with Crippen molar-refractivity contribution in [1.82, 2.24) is 25.1 Å². The fraction of sp³-hybridized carbons (Fsp3) is 0.619. The number of ether oxygens (including phenoxy) is 1. The number of rotatable bonds is 4. The van der Waals surface area contributed by atoms with Crippen LogP contribution in [0.1, 0.15) is 45.2 Å². The van der Waals surface area contributed by atoms with Crippen LogP contribution in [-0.2, 0) is 4.74 Å². The summed E-state index contributed by atoms with van der Waals surface area (Å²) in [6.07, 6.45) is 4.04. The van der Waals surface area contributed by atoms with Crippen LogP contribution in [0.4, 0.5) is 22.4 Å². The van der Waals surface area contributed by atoms with E-state index in [1.54, 1.807) is 6.20 Å². The SMILES string of the molecule is CC(C)(C)OC(=O)N1C[C@@H]2CN(c3nccc(Nc4cc(C5CC5)[nH]n4)n3)C[C@H]2C1. The first-order valence-corrected chi connectivity index (χ1v) is 10.7. The summed E-state index contributed by atoms with van der Waals surface area (Å²) < 4.78 is 5.52. The van der Waals surface area contributed by atoms with Gasteiger partial charge in [0.25, 0.3) is 0 Å². The number of carbonyl (C=O) groups excluding carboxylic acids is 1. The molecule has 2 aromatic heterocycles. The van der Waals surface area contributed by atoms with Crippen molar-refractivity contribution in [3.63, 3.8) is 0 Å². The van der Waals surface area contributed by atoms with Crippen LogP contribution in [0.2, 0.25) is 0 Å². The van der Waals surface area contributed by atoms with Gasteiger partial charge in [-0.15, -0.1) is 0 Å². The maximum absolute atomic E-state index is 12.4. The van der Waals surface area contributed by atoms with Gasteiger partial charge >= 0.3 is 6.09 Å².